The Hall–Kier alpha value is -3.67. The molecule has 2 aromatic heterocycles. The van der Waals surface area contributed by atoms with E-state index in [9.17, 15) is 27.2 Å². The summed E-state index contributed by atoms with van der Waals surface area (Å²) in [7, 11) is 1.52. The molecule has 204 valence electrons. The second kappa shape index (κ2) is 11.0. The number of likely N-dealkylation sites (tertiary alicyclic amines) is 1. The molecular formula is C26H28F4N4O4. The van der Waals surface area contributed by atoms with E-state index in [4.69, 9.17) is 9.84 Å². The second-order valence-electron chi connectivity index (χ2n) is 9.14. The Balaban J connectivity index is 1.74. The number of piperidine rings is 1. The SMILES string of the molecule is CCc1nc2c(cc1-c1cccc(F)c1)c(OCC(F)(F)F)c(C(=O)NC1CCN(C(=O)CO)CC1)n2C. The number of nitrogens with one attached hydrogen (secondary N) is 1. The summed E-state index contributed by atoms with van der Waals surface area (Å²) in [6, 6.07) is 7.04. The van der Waals surface area contributed by atoms with E-state index in [1.807, 2.05) is 6.92 Å². The number of rotatable bonds is 7. The number of carbonyl (C=O) groups excluding carboxylic acids is 2. The minimum atomic E-state index is -4.65. The quantitative estimate of drug-likeness (QED) is 0.450. The van der Waals surface area contributed by atoms with E-state index >= 15 is 0 Å². The number of halogens is 4. The summed E-state index contributed by atoms with van der Waals surface area (Å²) in [6.45, 7) is 0.295. The maximum Gasteiger partial charge on any atom is 0.422 e. The topological polar surface area (TPSA) is 96.7 Å². The molecule has 4 rings (SSSR count). The van der Waals surface area contributed by atoms with Gasteiger partial charge in [-0.15, -0.1) is 0 Å². The summed E-state index contributed by atoms with van der Waals surface area (Å²) in [4.78, 5) is 31.2. The summed E-state index contributed by atoms with van der Waals surface area (Å²) in [5.41, 5.74) is 1.74. The molecule has 2 N–H and O–H groups in total. The van der Waals surface area contributed by atoms with Crippen molar-refractivity contribution in [2.24, 2.45) is 7.05 Å². The van der Waals surface area contributed by atoms with Crippen LogP contribution in [0.15, 0.2) is 30.3 Å². The Morgan fingerprint density at radius 3 is 2.53 bits per heavy atom. The van der Waals surface area contributed by atoms with Crippen LogP contribution < -0.4 is 10.1 Å². The number of hydrogen-bond donors (Lipinski definition) is 2. The van der Waals surface area contributed by atoms with E-state index in [2.05, 4.69) is 10.3 Å². The first-order chi connectivity index (χ1) is 18.0. The lowest BCUT2D eigenvalue weighted by atomic mass is 10.0. The zero-order chi connectivity index (χ0) is 27.6. The molecule has 38 heavy (non-hydrogen) atoms. The minimum Gasteiger partial charge on any atom is -0.481 e. The highest BCUT2D eigenvalue weighted by Gasteiger charge is 2.33. The van der Waals surface area contributed by atoms with Crippen molar-refractivity contribution in [1.29, 1.82) is 0 Å². The van der Waals surface area contributed by atoms with Gasteiger partial charge in [0.25, 0.3) is 5.91 Å². The van der Waals surface area contributed by atoms with Gasteiger partial charge in [0.2, 0.25) is 5.91 Å². The number of alkyl halides is 3. The van der Waals surface area contributed by atoms with Crippen molar-refractivity contribution in [2.45, 2.75) is 38.4 Å². The zero-order valence-corrected chi connectivity index (χ0v) is 20.9. The van der Waals surface area contributed by atoms with E-state index < -0.39 is 37.0 Å². The van der Waals surface area contributed by atoms with Crippen LogP contribution in [0.4, 0.5) is 17.6 Å². The van der Waals surface area contributed by atoms with Gasteiger partial charge in [0, 0.05) is 31.7 Å². The first-order valence-electron chi connectivity index (χ1n) is 12.2. The summed E-state index contributed by atoms with van der Waals surface area (Å²) in [5.74, 6) is -1.78. The molecule has 3 heterocycles. The number of pyridine rings is 1. The predicted molar refractivity (Wildman–Crippen MR) is 131 cm³/mol. The van der Waals surface area contributed by atoms with Crippen LogP contribution in [-0.4, -0.2) is 69.9 Å². The molecule has 12 heteroatoms. The molecule has 3 aromatic rings. The fourth-order valence-corrected chi connectivity index (χ4v) is 4.71. The molecule has 0 spiro atoms. The summed E-state index contributed by atoms with van der Waals surface area (Å²) in [5, 5.41) is 12.1. The minimum absolute atomic E-state index is 0.121. The summed E-state index contributed by atoms with van der Waals surface area (Å²) < 4.78 is 60.0. The summed E-state index contributed by atoms with van der Waals surface area (Å²) in [6.07, 6.45) is -3.35. The highest BCUT2D eigenvalue weighted by molar-refractivity contribution is 6.04. The summed E-state index contributed by atoms with van der Waals surface area (Å²) >= 11 is 0. The molecule has 1 aromatic carbocycles. The molecule has 0 bridgehead atoms. The Labute approximate surface area is 216 Å². The molecule has 0 saturated carbocycles. The van der Waals surface area contributed by atoms with Crippen molar-refractivity contribution >= 4 is 22.8 Å². The first-order valence-corrected chi connectivity index (χ1v) is 12.2. The van der Waals surface area contributed by atoms with Crippen molar-refractivity contribution in [3.8, 4) is 16.9 Å². The normalized spacial score (nSPS) is 14.7. The highest BCUT2D eigenvalue weighted by Crippen LogP contribution is 2.37. The predicted octanol–water partition coefficient (Wildman–Crippen LogP) is 3.60. The number of hydrogen-bond acceptors (Lipinski definition) is 5. The van der Waals surface area contributed by atoms with Gasteiger partial charge in [0.15, 0.2) is 18.1 Å². The van der Waals surface area contributed by atoms with Gasteiger partial charge in [-0.3, -0.25) is 9.59 Å². The fourth-order valence-electron chi connectivity index (χ4n) is 4.71. The third kappa shape index (κ3) is 5.74. The number of fused-ring (bicyclic) bond motifs is 1. The van der Waals surface area contributed by atoms with Gasteiger partial charge < -0.3 is 24.6 Å². The van der Waals surface area contributed by atoms with Crippen molar-refractivity contribution in [1.82, 2.24) is 19.8 Å². The van der Waals surface area contributed by atoms with Gasteiger partial charge >= 0.3 is 6.18 Å². The van der Waals surface area contributed by atoms with Crippen LogP contribution in [0.3, 0.4) is 0 Å². The molecule has 1 fully saturated rings. The van der Waals surface area contributed by atoms with Gasteiger partial charge in [-0.2, -0.15) is 13.2 Å². The van der Waals surface area contributed by atoms with Crippen molar-refractivity contribution < 1.29 is 37.0 Å². The lowest BCUT2D eigenvalue weighted by Crippen LogP contribution is -2.47. The maximum atomic E-state index is 14.0. The Bertz CT molecular complexity index is 1350. The molecule has 0 atom stereocenters. The van der Waals surface area contributed by atoms with Crippen LogP contribution >= 0.6 is 0 Å². The maximum absolute atomic E-state index is 14.0. The number of aryl methyl sites for hydroxylation is 2. The van der Waals surface area contributed by atoms with Gasteiger partial charge in [-0.05, 0) is 43.0 Å². The third-order valence-corrected chi connectivity index (χ3v) is 6.58. The average molecular weight is 537 g/mol. The number of aromatic nitrogens is 2. The van der Waals surface area contributed by atoms with E-state index in [1.165, 1.54) is 34.7 Å². The van der Waals surface area contributed by atoms with Crippen LogP contribution in [0.2, 0.25) is 0 Å². The lowest BCUT2D eigenvalue weighted by Gasteiger charge is -2.32. The molecule has 1 aliphatic rings. The number of benzene rings is 1. The Morgan fingerprint density at radius 2 is 1.92 bits per heavy atom. The van der Waals surface area contributed by atoms with Crippen molar-refractivity contribution in [3.63, 3.8) is 0 Å². The molecule has 0 aliphatic carbocycles. The standard InChI is InChI=1S/C26H28F4N4O4/c1-3-20-18(15-5-4-6-16(27)11-15)12-19-23(38-14-26(28,29)30)22(33(2)24(19)32-20)25(37)31-17-7-9-34(10-8-17)21(36)13-35/h4-6,11-12,17,35H,3,7-10,13-14H2,1-2H3,(H,31,37). The number of carbonyl (C=O) groups is 2. The molecule has 2 amide bonds. The van der Waals surface area contributed by atoms with Crippen LogP contribution in [0, 0.1) is 5.82 Å². The van der Waals surface area contributed by atoms with E-state index in [0.29, 0.717) is 49.2 Å². The van der Waals surface area contributed by atoms with Crippen molar-refractivity contribution in [2.75, 3.05) is 26.3 Å². The largest absolute Gasteiger partial charge is 0.481 e. The van der Waals surface area contributed by atoms with E-state index in [0.717, 1.165) is 0 Å². The van der Waals surface area contributed by atoms with E-state index in [-0.39, 0.29) is 28.5 Å². The smallest absolute Gasteiger partial charge is 0.422 e. The van der Waals surface area contributed by atoms with Crippen LogP contribution in [0.25, 0.3) is 22.2 Å². The lowest BCUT2D eigenvalue weighted by molar-refractivity contribution is -0.153. The zero-order valence-electron chi connectivity index (χ0n) is 20.9. The second-order valence-corrected chi connectivity index (χ2v) is 9.14. The van der Waals surface area contributed by atoms with Crippen LogP contribution in [-0.2, 0) is 18.3 Å². The van der Waals surface area contributed by atoms with Crippen LogP contribution in [0.1, 0.15) is 35.9 Å². The highest BCUT2D eigenvalue weighted by atomic mass is 19.4. The van der Waals surface area contributed by atoms with Crippen molar-refractivity contribution in [3.05, 3.63) is 47.5 Å². The molecule has 8 nitrogen and oxygen atoms in total. The molecule has 1 aliphatic heterocycles. The van der Waals surface area contributed by atoms with Gasteiger partial charge in [-0.25, -0.2) is 9.37 Å². The molecule has 1 saturated heterocycles. The number of aliphatic hydroxyl groups is 1. The number of nitrogens with zero attached hydrogens (tertiary/aromatic N) is 3. The first kappa shape index (κ1) is 27.4. The monoisotopic (exact) mass is 536 g/mol. The average Bonchev–Trinajstić information content (AvgIpc) is 3.16. The van der Waals surface area contributed by atoms with Gasteiger partial charge in [0.1, 0.15) is 18.1 Å². The molecule has 0 unspecified atom stereocenters. The van der Waals surface area contributed by atoms with Gasteiger partial charge in [-0.1, -0.05) is 19.1 Å². The van der Waals surface area contributed by atoms with E-state index in [1.54, 1.807) is 12.1 Å². The molecular weight excluding hydrogens is 508 g/mol. The third-order valence-electron chi connectivity index (χ3n) is 6.58. The van der Waals surface area contributed by atoms with Gasteiger partial charge in [0.05, 0.1) is 11.1 Å². The molecule has 0 radical (unpaired) electrons. The Morgan fingerprint density at radius 1 is 1.21 bits per heavy atom. The van der Waals surface area contributed by atoms with Crippen LogP contribution in [0.5, 0.6) is 5.75 Å². The fraction of sp³-hybridized carbons (Fsp3) is 0.423. The number of aliphatic hydroxyl groups excluding tert-OH is 1. The Kier molecular flexibility index (Phi) is 7.91. The number of ether oxygens (including phenoxy) is 1. The number of amides is 2.